The first-order chi connectivity index (χ1) is 11.5. The third kappa shape index (κ3) is 4.98. The van der Waals surface area contributed by atoms with Crippen molar-refractivity contribution >= 4 is 11.9 Å². The lowest BCUT2D eigenvalue weighted by atomic mass is 9.92. The maximum absolute atomic E-state index is 12.1. The van der Waals surface area contributed by atoms with Crippen LogP contribution in [-0.2, 0) is 14.3 Å². The summed E-state index contributed by atoms with van der Waals surface area (Å²) >= 11 is 0. The lowest BCUT2D eigenvalue weighted by Crippen LogP contribution is -2.44. The van der Waals surface area contributed by atoms with Gasteiger partial charge in [-0.05, 0) is 30.4 Å². The number of rotatable bonds is 5. The van der Waals surface area contributed by atoms with Gasteiger partial charge in [-0.15, -0.1) is 0 Å². The predicted molar refractivity (Wildman–Crippen MR) is 87.1 cm³/mol. The summed E-state index contributed by atoms with van der Waals surface area (Å²) in [4.78, 5) is 25.6. The molecule has 0 saturated carbocycles. The van der Waals surface area contributed by atoms with Gasteiger partial charge >= 0.3 is 5.97 Å². The number of benzene rings is 1. The molecular formula is C18H22N2O4. The number of hydrogen-bond acceptors (Lipinski definition) is 5. The molecule has 2 atom stereocenters. The normalized spacial score (nSPS) is 20.1. The van der Waals surface area contributed by atoms with Crippen molar-refractivity contribution in [1.29, 1.82) is 5.26 Å². The summed E-state index contributed by atoms with van der Waals surface area (Å²) in [6, 6.07) is 8.61. The number of carbonyl (C=O) groups is 2. The minimum atomic E-state index is -0.630. The Morgan fingerprint density at radius 2 is 1.88 bits per heavy atom. The first kappa shape index (κ1) is 17.8. The molecule has 2 rings (SSSR count). The highest BCUT2D eigenvalue weighted by Gasteiger charge is 2.25. The van der Waals surface area contributed by atoms with E-state index in [9.17, 15) is 9.59 Å². The number of esters is 1. The Kier molecular flexibility index (Phi) is 6.19. The molecule has 6 heteroatoms. The molecule has 1 fully saturated rings. The van der Waals surface area contributed by atoms with Crippen LogP contribution in [0.1, 0.15) is 25.8 Å². The molecule has 1 aliphatic heterocycles. The smallest absolute Gasteiger partial charge is 0.344 e. The van der Waals surface area contributed by atoms with Gasteiger partial charge in [-0.1, -0.05) is 26.0 Å². The maximum atomic E-state index is 12.1. The second-order valence-corrected chi connectivity index (χ2v) is 6.30. The van der Waals surface area contributed by atoms with Gasteiger partial charge < -0.3 is 14.4 Å². The van der Waals surface area contributed by atoms with Crippen molar-refractivity contribution in [3.05, 3.63) is 29.8 Å². The Morgan fingerprint density at radius 1 is 1.21 bits per heavy atom. The number of para-hydroxylation sites is 1. The molecule has 24 heavy (non-hydrogen) atoms. The monoisotopic (exact) mass is 330 g/mol. The third-order valence-corrected chi connectivity index (χ3v) is 3.93. The topological polar surface area (TPSA) is 79.6 Å². The first-order valence-electron chi connectivity index (χ1n) is 8.05. The summed E-state index contributed by atoms with van der Waals surface area (Å²) in [5.74, 6) is 0.425. The van der Waals surface area contributed by atoms with E-state index in [1.165, 1.54) is 0 Å². The van der Waals surface area contributed by atoms with E-state index < -0.39 is 5.97 Å². The summed E-state index contributed by atoms with van der Waals surface area (Å²) in [7, 11) is 0. The van der Waals surface area contributed by atoms with Gasteiger partial charge in [0.15, 0.2) is 13.2 Å². The summed E-state index contributed by atoms with van der Waals surface area (Å²) in [6.45, 7) is 5.02. The van der Waals surface area contributed by atoms with E-state index in [0.717, 1.165) is 6.42 Å². The van der Waals surface area contributed by atoms with Crippen LogP contribution < -0.4 is 4.74 Å². The van der Waals surface area contributed by atoms with E-state index in [1.807, 2.05) is 6.07 Å². The van der Waals surface area contributed by atoms with Gasteiger partial charge in [0.1, 0.15) is 11.8 Å². The van der Waals surface area contributed by atoms with E-state index in [4.69, 9.17) is 14.7 Å². The van der Waals surface area contributed by atoms with E-state index >= 15 is 0 Å². The SMILES string of the molecule is C[C@H]1C[C@H](C)CN(C(=O)COC(=O)COc2ccccc2C#N)C1. The minimum absolute atomic E-state index is 0.181. The first-order valence-corrected chi connectivity index (χ1v) is 8.05. The van der Waals surface area contributed by atoms with Crippen molar-refractivity contribution < 1.29 is 19.1 Å². The highest BCUT2D eigenvalue weighted by molar-refractivity contribution is 5.81. The fourth-order valence-electron chi connectivity index (χ4n) is 2.96. The molecule has 1 amide bonds. The lowest BCUT2D eigenvalue weighted by Gasteiger charge is -2.34. The van der Waals surface area contributed by atoms with Crippen LogP contribution in [0.2, 0.25) is 0 Å². The van der Waals surface area contributed by atoms with Crippen LogP contribution in [0.4, 0.5) is 0 Å². The lowest BCUT2D eigenvalue weighted by molar-refractivity contribution is -0.154. The van der Waals surface area contributed by atoms with Gasteiger partial charge in [-0.25, -0.2) is 4.79 Å². The zero-order valence-corrected chi connectivity index (χ0v) is 14.0. The molecule has 1 heterocycles. The van der Waals surface area contributed by atoms with Crippen molar-refractivity contribution in [2.45, 2.75) is 20.3 Å². The molecule has 0 aromatic heterocycles. The highest BCUT2D eigenvalue weighted by Crippen LogP contribution is 2.21. The van der Waals surface area contributed by atoms with Gasteiger partial charge in [-0.3, -0.25) is 4.79 Å². The fourth-order valence-corrected chi connectivity index (χ4v) is 2.96. The van der Waals surface area contributed by atoms with Gasteiger partial charge in [0.2, 0.25) is 0 Å². The molecule has 1 aromatic carbocycles. The molecule has 0 unspecified atom stereocenters. The van der Waals surface area contributed by atoms with Crippen LogP contribution >= 0.6 is 0 Å². The quantitative estimate of drug-likeness (QED) is 0.771. The van der Waals surface area contributed by atoms with Crippen molar-refractivity contribution in [1.82, 2.24) is 4.90 Å². The van der Waals surface area contributed by atoms with Crippen molar-refractivity contribution in [3.63, 3.8) is 0 Å². The fraction of sp³-hybridized carbons (Fsp3) is 0.500. The van der Waals surface area contributed by atoms with E-state index in [-0.39, 0.29) is 19.1 Å². The summed E-state index contributed by atoms with van der Waals surface area (Å²) in [5.41, 5.74) is 0.345. The third-order valence-electron chi connectivity index (χ3n) is 3.93. The number of nitriles is 1. The molecule has 1 aliphatic rings. The van der Waals surface area contributed by atoms with Gasteiger partial charge in [-0.2, -0.15) is 5.26 Å². The molecule has 0 N–H and O–H groups in total. The molecular weight excluding hydrogens is 308 g/mol. The highest BCUT2D eigenvalue weighted by atomic mass is 16.6. The van der Waals surface area contributed by atoms with Crippen LogP contribution in [0, 0.1) is 23.2 Å². The zero-order chi connectivity index (χ0) is 17.5. The molecule has 128 valence electrons. The number of likely N-dealkylation sites (tertiary alicyclic amines) is 1. The van der Waals surface area contributed by atoms with Crippen LogP contribution in [0.5, 0.6) is 5.75 Å². The number of carbonyl (C=O) groups excluding carboxylic acids is 2. The van der Waals surface area contributed by atoms with E-state index in [2.05, 4.69) is 13.8 Å². The number of nitrogens with zero attached hydrogens (tertiary/aromatic N) is 2. The molecule has 1 aromatic rings. The summed E-state index contributed by atoms with van der Waals surface area (Å²) in [5, 5.41) is 8.95. The Hall–Kier alpha value is -2.55. The van der Waals surface area contributed by atoms with Crippen molar-refractivity contribution in [2.75, 3.05) is 26.3 Å². The van der Waals surface area contributed by atoms with E-state index in [0.29, 0.717) is 36.2 Å². The standard InChI is InChI=1S/C18H22N2O4/c1-13-7-14(2)10-20(9-13)17(21)11-24-18(22)12-23-16-6-4-3-5-15(16)8-19/h3-6,13-14H,7,9-12H2,1-2H3/t13-,14-/m0/s1. The second-order valence-electron chi connectivity index (χ2n) is 6.30. The van der Waals surface area contributed by atoms with Crippen LogP contribution in [0.15, 0.2) is 24.3 Å². The van der Waals surface area contributed by atoms with Crippen molar-refractivity contribution in [2.24, 2.45) is 11.8 Å². The number of hydrogen-bond donors (Lipinski definition) is 0. The Morgan fingerprint density at radius 3 is 2.54 bits per heavy atom. The van der Waals surface area contributed by atoms with Gasteiger partial charge in [0.25, 0.3) is 5.91 Å². The van der Waals surface area contributed by atoms with Crippen molar-refractivity contribution in [3.8, 4) is 11.8 Å². The molecule has 0 spiro atoms. The summed E-state index contributed by atoms with van der Waals surface area (Å²) in [6.07, 6.45) is 1.11. The zero-order valence-electron chi connectivity index (χ0n) is 14.0. The number of amides is 1. The Bertz CT molecular complexity index is 628. The van der Waals surface area contributed by atoms with E-state index in [1.54, 1.807) is 29.2 Å². The van der Waals surface area contributed by atoms with Crippen LogP contribution in [-0.4, -0.2) is 43.1 Å². The molecule has 6 nitrogen and oxygen atoms in total. The molecule has 0 bridgehead atoms. The number of piperidine rings is 1. The van der Waals surface area contributed by atoms with Crippen LogP contribution in [0.3, 0.4) is 0 Å². The largest absolute Gasteiger partial charge is 0.481 e. The van der Waals surface area contributed by atoms with Gasteiger partial charge in [0, 0.05) is 13.1 Å². The average molecular weight is 330 g/mol. The Labute approximate surface area is 142 Å². The second kappa shape index (κ2) is 8.34. The van der Waals surface area contributed by atoms with Crippen LogP contribution in [0.25, 0.3) is 0 Å². The number of ether oxygens (including phenoxy) is 2. The average Bonchev–Trinajstić information content (AvgIpc) is 2.57. The minimum Gasteiger partial charge on any atom is -0.481 e. The summed E-state index contributed by atoms with van der Waals surface area (Å²) < 4.78 is 10.3. The Balaban J connectivity index is 1.77. The predicted octanol–water partition coefficient (Wildman–Crippen LogP) is 1.98. The van der Waals surface area contributed by atoms with Gasteiger partial charge in [0.05, 0.1) is 5.56 Å². The molecule has 0 aliphatic carbocycles. The molecule has 0 radical (unpaired) electrons. The molecule has 1 saturated heterocycles. The maximum Gasteiger partial charge on any atom is 0.344 e.